The number of carbonyl (C=O) groups is 1. The zero-order valence-electron chi connectivity index (χ0n) is 12.0. The summed E-state index contributed by atoms with van der Waals surface area (Å²) in [5.74, 6) is -1.12. The van der Waals surface area contributed by atoms with E-state index in [0.717, 1.165) is 12.1 Å². The third kappa shape index (κ3) is 3.94. The van der Waals surface area contributed by atoms with Crippen molar-refractivity contribution < 1.29 is 18.3 Å². The molecular weight excluding hydrogens is 290 g/mol. The second-order valence-corrected chi connectivity index (χ2v) is 4.52. The number of hydrogen-bond donors (Lipinski definition) is 2. The van der Waals surface area contributed by atoms with Gasteiger partial charge in [-0.1, -0.05) is 18.2 Å². The monoisotopic (exact) mass is 306 g/mol. The van der Waals surface area contributed by atoms with E-state index in [9.17, 15) is 13.6 Å². The number of para-hydroxylation sites is 3. The maximum absolute atomic E-state index is 13.4. The van der Waals surface area contributed by atoms with E-state index in [1.807, 2.05) is 0 Å². The normalized spacial score (nSPS) is 10.1. The first-order valence-electron chi connectivity index (χ1n) is 6.72. The SMILES string of the molecule is COc1ccccc1NC(=O)CCNc1c(F)cccc1F. The van der Waals surface area contributed by atoms with Gasteiger partial charge in [-0.2, -0.15) is 0 Å². The predicted octanol–water partition coefficient (Wildman–Crippen LogP) is 3.41. The van der Waals surface area contributed by atoms with E-state index in [1.54, 1.807) is 24.3 Å². The lowest BCUT2D eigenvalue weighted by Gasteiger charge is -2.11. The van der Waals surface area contributed by atoms with Crippen LogP contribution in [0.4, 0.5) is 20.2 Å². The lowest BCUT2D eigenvalue weighted by Crippen LogP contribution is -2.17. The van der Waals surface area contributed by atoms with Crippen LogP contribution in [-0.4, -0.2) is 19.6 Å². The molecule has 1 amide bonds. The molecule has 0 aromatic heterocycles. The highest BCUT2D eigenvalue weighted by atomic mass is 19.1. The van der Waals surface area contributed by atoms with Crippen molar-refractivity contribution in [2.45, 2.75) is 6.42 Å². The fraction of sp³-hybridized carbons (Fsp3) is 0.188. The number of amides is 1. The van der Waals surface area contributed by atoms with Crippen molar-refractivity contribution in [1.29, 1.82) is 0 Å². The molecule has 22 heavy (non-hydrogen) atoms. The second kappa shape index (κ2) is 7.40. The van der Waals surface area contributed by atoms with Gasteiger partial charge >= 0.3 is 0 Å². The van der Waals surface area contributed by atoms with Gasteiger partial charge in [-0.3, -0.25) is 4.79 Å². The van der Waals surface area contributed by atoms with Crippen LogP contribution in [0.25, 0.3) is 0 Å². The van der Waals surface area contributed by atoms with Gasteiger partial charge in [0.1, 0.15) is 23.1 Å². The van der Waals surface area contributed by atoms with Crippen molar-refractivity contribution in [1.82, 2.24) is 0 Å². The molecule has 0 radical (unpaired) electrons. The van der Waals surface area contributed by atoms with Gasteiger partial charge in [-0.05, 0) is 24.3 Å². The summed E-state index contributed by atoms with van der Waals surface area (Å²) in [7, 11) is 1.51. The van der Waals surface area contributed by atoms with Crippen molar-refractivity contribution in [3.05, 3.63) is 54.1 Å². The smallest absolute Gasteiger partial charge is 0.226 e. The van der Waals surface area contributed by atoms with Gasteiger partial charge in [0.2, 0.25) is 5.91 Å². The van der Waals surface area contributed by atoms with Crippen molar-refractivity contribution in [2.75, 3.05) is 24.3 Å². The summed E-state index contributed by atoms with van der Waals surface area (Å²) in [4.78, 5) is 11.8. The summed E-state index contributed by atoms with van der Waals surface area (Å²) in [6.07, 6.45) is 0.0613. The number of methoxy groups -OCH3 is 1. The molecule has 2 N–H and O–H groups in total. The van der Waals surface area contributed by atoms with Crippen molar-refractivity contribution in [2.24, 2.45) is 0 Å². The molecule has 2 rings (SSSR count). The largest absolute Gasteiger partial charge is 0.495 e. The molecule has 4 nitrogen and oxygen atoms in total. The van der Waals surface area contributed by atoms with Crippen LogP contribution < -0.4 is 15.4 Å². The van der Waals surface area contributed by atoms with E-state index in [0.29, 0.717) is 11.4 Å². The van der Waals surface area contributed by atoms with Gasteiger partial charge < -0.3 is 15.4 Å². The molecule has 0 aliphatic carbocycles. The number of anilines is 2. The van der Waals surface area contributed by atoms with E-state index >= 15 is 0 Å². The molecule has 0 fully saturated rings. The minimum absolute atomic E-state index is 0.0613. The third-order valence-corrected chi connectivity index (χ3v) is 3.00. The Morgan fingerprint density at radius 1 is 1.09 bits per heavy atom. The van der Waals surface area contributed by atoms with Gasteiger partial charge in [0.25, 0.3) is 0 Å². The number of benzene rings is 2. The maximum Gasteiger partial charge on any atom is 0.226 e. The van der Waals surface area contributed by atoms with E-state index in [1.165, 1.54) is 13.2 Å². The van der Waals surface area contributed by atoms with Crippen LogP contribution >= 0.6 is 0 Å². The summed E-state index contributed by atoms with van der Waals surface area (Å²) >= 11 is 0. The first-order chi connectivity index (χ1) is 10.6. The molecular formula is C16H16F2N2O2. The zero-order chi connectivity index (χ0) is 15.9. The molecule has 0 unspecified atom stereocenters. The van der Waals surface area contributed by atoms with E-state index in [-0.39, 0.29) is 24.6 Å². The summed E-state index contributed by atoms with van der Waals surface area (Å²) < 4.78 is 31.9. The molecule has 0 aliphatic rings. The predicted molar refractivity (Wildman–Crippen MR) is 81.1 cm³/mol. The molecule has 0 aliphatic heterocycles. The molecule has 0 bridgehead atoms. The van der Waals surface area contributed by atoms with Crippen LogP contribution in [0, 0.1) is 11.6 Å². The Morgan fingerprint density at radius 2 is 1.77 bits per heavy atom. The Bertz CT molecular complexity index is 642. The van der Waals surface area contributed by atoms with Gasteiger partial charge in [-0.25, -0.2) is 8.78 Å². The van der Waals surface area contributed by atoms with Gasteiger partial charge in [-0.15, -0.1) is 0 Å². The van der Waals surface area contributed by atoms with Crippen LogP contribution in [0.15, 0.2) is 42.5 Å². The van der Waals surface area contributed by atoms with Crippen LogP contribution in [0.1, 0.15) is 6.42 Å². The topological polar surface area (TPSA) is 50.4 Å². The number of carbonyl (C=O) groups excluding carboxylic acids is 1. The van der Waals surface area contributed by atoms with E-state index in [4.69, 9.17) is 4.74 Å². The Kier molecular flexibility index (Phi) is 5.30. The molecule has 0 saturated heterocycles. The first-order valence-corrected chi connectivity index (χ1v) is 6.72. The lowest BCUT2D eigenvalue weighted by atomic mass is 10.2. The number of ether oxygens (including phenoxy) is 1. The zero-order valence-corrected chi connectivity index (χ0v) is 12.0. The third-order valence-electron chi connectivity index (χ3n) is 3.00. The Hall–Kier alpha value is -2.63. The standard InChI is InChI=1S/C16H16F2N2O2/c1-22-14-8-3-2-7-13(14)20-15(21)9-10-19-16-11(17)5-4-6-12(16)18/h2-8,19H,9-10H2,1H3,(H,20,21). The number of halogens is 2. The van der Waals surface area contributed by atoms with E-state index in [2.05, 4.69) is 10.6 Å². The molecule has 0 atom stereocenters. The number of nitrogens with one attached hydrogen (secondary N) is 2. The van der Waals surface area contributed by atoms with Crippen molar-refractivity contribution >= 4 is 17.3 Å². The van der Waals surface area contributed by atoms with Crippen molar-refractivity contribution in [3.8, 4) is 5.75 Å². The van der Waals surface area contributed by atoms with Crippen LogP contribution in [0.2, 0.25) is 0 Å². The Balaban J connectivity index is 1.88. The van der Waals surface area contributed by atoms with Gasteiger partial charge in [0.05, 0.1) is 12.8 Å². The number of rotatable bonds is 6. The molecule has 0 spiro atoms. The first kappa shape index (κ1) is 15.8. The van der Waals surface area contributed by atoms with Crippen LogP contribution in [-0.2, 0) is 4.79 Å². The summed E-state index contributed by atoms with van der Waals surface area (Å²) in [6, 6.07) is 10.6. The minimum atomic E-state index is -0.690. The highest BCUT2D eigenvalue weighted by Gasteiger charge is 2.10. The fourth-order valence-electron chi connectivity index (χ4n) is 1.93. The fourth-order valence-corrected chi connectivity index (χ4v) is 1.93. The summed E-state index contributed by atoms with van der Waals surface area (Å²) in [6.45, 7) is 0.110. The molecule has 0 heterocycles. The van der Waals surface area contributed by atoms with Crippen LogP contribution in [0.5, 0.6) is 5.75 Å². The molecule has 116 valence electrons. The quantitative estimate of drug-likeness (QED) is 0.860. The minimum Gasteiger partial charge on any atom is -0.495 e. The Morgan fingerprint density at radius 3 is 2.45 bits per heavy atom. The molecule has 0 saturated carbocycles. The summed E-state index contributed by atoms with van der Waals surface area (Å²) in [5, 5.41) is 5.27. The maximum atomic E-state index is 13.4. The highest BCUT2D eigenvalue weighted by Crippen LogP contribution is 2.23. The van der Waals surface area contributed by atoms with Crippen molar-refractivity contribution in [3.63, 3.8) is 0 Å². The average Bonchev–Trinajstić information content (AvgIpc) is 2.51. The van der Waals surface area contributed by atoms with Crippen LogP contribution in [0.3, 0.4) is 0 Å². The van der Waals surface area contributed by atoms with Gasteiger partial charge in [0.15, 0.2) is 0 Å². The lowest BCUT2D eigenvalue weighted by molar-refractivity contribution is -0.116. The van der Waals surface area contributed by atoms with E-state index < -0.39 is 11.6 Å². The Labute approximate surface area is 127 Å². The van der Waals surface area contributed by atoms with Gasteiger partial charge in [0, 0.05) is 13.0 Å². The number of hydrogen-bond acceptors (Lipinski definition) is 3. The molecule has 2 aromatic carbocycles. The average molecular weight is 306 g/mol. The summed E-state index contributed by atoms with van der Waals surface area (Å²) in [5.41, 5.74) is 0.319. The molecule has 2 aromatic rings. The highest BCUT2D eigenvalue weighted by molar-refractivity contribution is 5.92. The second-order valence-electron chi connectivity index (χ2n) is 4.52. The molecule has 6 heteroatoms.